The van der Waals surface area contributed by atoms with Gasteiger partial charge in [-0.1, -0.05) is 29.8 Å². The molecule has 1 N–H and O–H groups in total. The lowest BCUT2D eigenvalue weighted by Gasteiger charge is -2.10. The maximum absolute atomic E-state index is 12.1. The first-order valence-corrected chi connectivity index (χ1v) is 7.56. The maximum atomic E-state index is 12.1. The number of carbonyl (C=O) groups is 1. The zero-order valence-corrected chi connectivity index (χ0v) is 13.6. The molecule has 0 aliphatic rings. The number of hydrogen-bond acceptors (Lipinski definition) is 3. The highest BCUT2D eigenvalue weighted by Crippen LogP contribution is 2.18. The fourth-order valence-electron chi connectivity index (χ4n) is 1.90. The molecule has 0 saturated heterocycles. The SMILES string of the molecule is Cc1ccc(OCC(=O)NCc2ccc(OCC(F)(F)F)cc2)cc1. The van der Waals surface area contributed by atoms with E-state index < -0.39 is 12.8 Å². The minimum Gasteiger partial charge on any atom is -0.484 e. The van der Waals surface area contributed by atoms with Crippen LogP contribution < -0.4 is 14.8 Å². The van der Waals surface area contributed by atoms with Crippen molar-refractivity contribution in [3.05, 3.63) is 59.7 Å². The minimum atomic E-state index is -4.37. The molecule has 0 unspecified atom stereocenters. The fraction of sp³-hybridized carbons (Fsp3) is 0.278. The standard InChI is InChI=1S/C18H18F3NO3/c1-13-2-6-15(7-3-13)24-11-17(23)22-10-14-4-8-16(9-5-14)25-12-18(19,20)21/h2-9H,10-12H2,1H3,(H,22,23). The van der Waals surface area contributed by atoms with Crippen molar-refractivity contribution in [3.63, 3.8) is 0 Å². The lowest BCUT2D eigenvalue weighted by Crippen LogP contribution is -2.28. The summed E-state index contributed by atoms with van der Waals surface area (Å²) in [7, 11) is 0. The second-order valence-corrected chi connectivity index (χ2v) is 5.43. The van der Waals surface area contributed by atoms with Crippen molar-refractivity contribution >= 4 is 5.91 Å². The second-order valence-electron chi connectivity index (χ2n) is 5.43. The minimum absolute atomic E-state index is 0.115. The first kappa shape index (κ1) is 18.6. The highest BCUT2D eigenvalue weighted by Gasteiger charge is 2.28. The number of aryl methyl sites for hydroxylation is 1. The third-order valence-electron chi connectivity index (χ3n) is 3.21. The lowest BCUT2D eigenvalue weighted by molar-refractivity contribution is -0.153. The van der Waals surface area contributed by atoms with Crippen molar-refractivity contribution in [1.29, 1.82) is 0 Å². The zero-order chi connectivity index (χ0) is 18.3. The van der Waals surface area contributed by atoms with E-state index in [4.69, 9.17) is 4.74 Å². The molecule has 0 saturated carbocycles. The number of alkyl halides is 3. The molecule has 7 heteroatoms. The van der Waals surface area contributed by atoms with Gasteiger partial charge in [-0.25, -0.2) is 0 Å². The van der Waals surface area contributed by atoms with Gasteiger partial charge in [0.1, 0.15) is 11.5 Å². The van der Waals surface area contributed by atoms with Crippen molar-refractivity contribution in [2.24, 2.45) is 0 Å². The molecule has 0 atom stereocenters. The van der Waals surface area contributed by atoms with Gasteiger partial charge in [0, 0.05) is 6.54 Å². The Morgan fingerprint density at radius 3 is 2.12 bits per heavy atom. The van der Waals surface area contributed by atoms with Gasteiger partial charge in [0.05, 0.1) is 0 Å². The van der Waals surface area contributed by atoms with Crippen LogP contribution >= 0.6 is 0 Å². The number of hydrogen-bond donors (Lipinski definition) is 1. The monoisotopic (exact) mass is 353 g/mol. The Kier molecular flexibility index (Phi) is 6.27. The van der Waals surface area contributed by atoms with Crippen LogP contribution in [0.5, 0.6) is 11.5 Å². The van der Waals surface area contributed by atoms with Crippen molar-refractivity contribution in [3.8, 4) is 11.5 Å². The number of halogens is 3. The predicted molar refractivity (Wildman–Crippen MR) is 86.5 cm³/mol. The van der Waals surface area contributed by atoms with E-state index in [1.54, 1.807) is 24.3 Å². The zero-order valence-electron chi connectivity index (χ0n) is 13.6. The molecule has 0 fully saturated rings. The van der Waals surface area contributed by atoms with Gasteiger partial charge in [-0.2, -0.15) is 13.2 Å². The number of rotatable bonds is 7. The number of ether oxygens (including phenoxy) is 2. The molecule has 0 aliphatic heterocycles. The third kappa shape index (κ3) is 7.15. The summed E-state index contributed by atoms with van der Waals surface area (Å²) in [6.07, 6.45) is -4.37. The average Bonchev–Trinajstić information content (AvgIpc) is 2.58. The summed E-state index contributed by atoms with van der Waals surface area (Å²) in [5.74, 6) is 0.431. The average molecular weight is 353 g/mol. The molecule has 0 aromatic heterocycles. The summed E-state index contributed by atoms with van der Waals surface area (Å²) < 4.78 is 46.2. The molecule has 0 heterocycles. The smallest absolute Gasteiger partial charge is 0.422 e. The third-order valence-corrected chi connectivity index (χ3v) is 3.21. The van der Waals surface area contributed by atoms with E-state index in [2.05, 4.69) is 10.1 Å². The Labute approximate surface area is 143 Å². The van der Waals surface area contributed by atoms with Crippen LogP contribution in [0.15, 0.2) is 48.5 Å². The van der Waals surface area contributed by atoms with Crippen molar-refractivity contribution in [2.45, 2.75) is 19.6 Å². The van der Waals surface area contributed by atoms with Gasteiger partial charge in [0.15, 0.2) is 13.2 Å². The largest absolute Gasteiger partial charge is 0.484 e. The molecule has 1 amide bonds. The summed E-state index contributed by atoms with van der Waals surface area (Å²) in [5.41, 5.74) is 1.84. The molecule has 2 rings (SSSR count). The highest BCUT2D eigenvalue weighted by atomic mass is 19.4. The van der Waals surface area contributed by atoms with E-state index in [-0.39, 0.29) is 24.8 Å². The van der Waals surface area contributed by atoms with Gasteiger partial charge in [-0.3, -0.25) is 4.79 Å². The molecule has 4 nitrogen and oxygen atoms in total. The Morgan fingerprint density at radius 1 is 0.960 bits per heavy atom. The quantitative estimate of drug-likeness (QED) is 0.827. The van der Waals surface area contributed by atoms with Crippen molar-refractivity contribution in [2.75, 3.05) is 13.2 Å². The summed E-state index contributed by atoms with van der Waals surface area (Å²) in [5, 5.41) is 2.67. The summed E-state index contributed by atoms with van der Waals surface area (Å²) >= 11 is 0. The summed E-state index contributed by atoms with van der Waals surface area (Å²) in [6, 6.07) is 13.4. The van der Waals surface area contributed by atoms with Crippen molar-refractivity contribution in [1.82, 2.24) is 5.32 Å². The molecule has 134 valence electrons. The van der Waals surface area contributed by atoms with Crippen LogP contribution in [0.4, 0.5) is 13.2 Å². The van der Waals surface area contributed by atoms with Crippen LogP contribution in [0.1, 0.15) is 11.1 Å². The normalized spacial score (nSPS) is 11.0. The van der Waals surface area contributed by atoms with Gasteiger partial charge in [-0.05, 0) is 36.8 Å². The maximum Gasteiger partial charge on any atom is 0.422 e. The van der Waals surface area contributed by atoms with E-state index in [0.717, 1.165) is 11.1 Å². The molecular weight excluding hydrogens is 335 g/mol. The number of nitrogens with one attached hydrogen (secondary N) is 1. The van der Waals surface area contributed by atoms with Gasteiger partial charge >= 0.3 is 6.18 Å². The molecule has 25 heavy (non-hydrogen) atoms. The van der Waals surface area contributed by atoms with Gasteiger partial charge < -0.3 is 14.8 Å². The molecule has 0 radical (unpaired) electrons. The van der Waals surface area contributed by atoms with Gasteiger partial charge in [-0.15, -0.1) is 0 Å². The highest BCUT2D eigenvalue weighted by molar-refractivity contribution is 5.77. The molecular formula is C18H18F3NO3. The summed E-state index contributed by atoms with van der Waals surface area (Å²) in [6.45, 7) is 0.751. The van der Waals surface area contributed by atoms with Gasteiger partial charge in [0.25, 0.3) is 5.91 Å². The number of carbonyl (C=O) groups excluding carboxylic acids is 1. The van der Waals surface area contributed by atoms with E-state index in [9.17, 15) is 18.0 Å². The van der Waals surface area contributed by atoms with E-state index >= 15 is 0 Å². The van der Waals surface area contributed by atoms with Gasteiger partial charge in [0.2, 0.25) is 0 Å². The molecule has 0 bridgehead atoms. The van der Waals surface area contributed by atoms with Crippen LogP contribution in [-0.2, 0) is 11.3 Å². The van der Waals surface area contributed by atoms with Crippen LogP contribution in [0.25, 0.3) is 0 Å². The van der Waals surface area contributed by atoms with E-state index in [0.29, 0.717) is 5.75 Å². The van der Waals surface area contributed by atoms with Crippen molar-refractivity contribution < 1.29 is 27.4 Å². The summed E-state index contributed by atoms with van der Waals surface area (Å²) in [4.78, 5) is 11.8. The van der Waals surface area contributed by atoms with E-state index in [1.165, 1.54) is 12.1 Å². The van der Waals surface area contributed by atoms with Crippen LogP contribution in [-0.4, -0.2) is 25.3 Å². The van der Waals surface area contributed by atoms with Crippen LogP contribution in [0, 0.1) is 6.92 Å². The first-order chi connectivity index (χ1) is 11.8. The Morgan fingerprint density at radius 2 is 1.52 bits per heavy atom. The van der Waals surface area contributed by atoms with E-state index in [1.807, 2.05) is 19.1 Å². The van der Waals surface area contributed by atoms with Crippen LogP contribution in [0.3, 0.4) is 0 Å². The fourth-order valence-corrected chi connectivity index (χ4v) is 1.90. The Hall–Kier alpha value is -2.70. The Bertz CT molecular complexity index is 682. The molecule has 2 aromatic rings. The predicted octanol–water partition coefficient (Wildman–Crippen LogP) is 3.63. The molecule has 0 aliphatic carbocycles. The number of benzene rings is 2. The molecule has 0 spiro atoms. The first-order valence-electron chi connectivity index (χ1n) is 7.56. The number of amides is 1. The topological polar surface area (TPSA) is 47.6 Å². The van der Waals surface area contributed by atoms with Crippen LogP contribution in [0.2, 0.25) is 0 Å². The second kappa shape index (κ2) is 8.41. The Balaban J connectivity index is 1.73. The lowest BCUT2D eigenvalue weighted by atomic mass is 10.2. The molecule has 2 aromatic carbocycles.